The lowest BCUT2D eigenvalue weighted by atomic mass is 10.1. The lowest BCUT2D eigenvalue weighted by molar-refractivity contribution is -0.130. The first-order valence-corrected chi connectivity index (χ1v) is 15.3. The van der Waals surface area contributed by atoms with E-state index in [-0.39, 0.29) is 29.6 Å². The Morgan fingerprint density at radius 1 is 0.757 bits per heavy atom. The van der Waals surface area contributed by atoms with Gasteiger partial charge < -0.3 is 0 Å². The van der Waals surface area contributed by atoms with Crippen molar-refractivity contribution in [2.45, 2.75) is 19.8 Å². The Bertz CT molecular complexity index is 1410. The van der Waals surface area contributed by atoms with E-state index >= 15 is 0 Å². The zero-order valence-corrected chi connectivity index (χ0v) is 23.6. The van der Waals surface area contributed by atoms with Crippen LogP contribution in [0.4, 0.5) is 15.7 Å². The molecule has 1 saturated carbocycles. The zero-order chi connectivity index (χ0) is 25.7. The lowest BCUT2D eigenvalue weighted by Crippen LogP contribution is -2.47. The average Bonchev–Trinajstić information content (AvgIpc) is 3.39. The number of anilines is 3. The van der Waals surface area contributed by atoms with Crippen LogP contribution in [0, 0.1) is 11.8 Å². The van der Waals surface area contributed by atoms with Crippen molar-refractivity contribution in [3.63, 3.8) is 0 Å². The SMILES string of the molecule is CCN1C(=O)C2C(C(=O)N(CC)C1=S)C2c1ccc(N(c2cccs2)c2ccc(-c3cccs3)s2)cc1. The molecule has 6 rings (SSSR count). The van der Waals surface area contributed by atoms with Crippen molar-refractivity contribution >= 4 is 78.8 Å². The minimum absolute atomic E-state index is 0.0317. The summed E-state index contributed by atoms with van der Waals surface area (Å²) in [6.07, 6.45) is 0. The Morgan fingerprint density at radius 3 is 1.97 bits per heavy atom. The molecule has 188 valence electrons. The Hall–Kier alpha value is -2.85. The number of carbonyl (C=O) groups excluding carboxylic acids is 2. The molecule has 1 aliphatic heterocycles. The maximum absolute atomic E-state index is 13.3. The number of benzene rings is 1. The molecule has 37 heavy (non-hydrogen) atoms. The van der Waals surface area contributed by atoms with E-state index in [1.54, 1.807) is 43.8 Å². The van der Waals surface area contributed by atoms with Crippen molar-refractivity contribution in [3.05, 3.63) is 77.0 Å². The number of rotatable bonds is 7. The minimum Gasteiger partial charge on any atom is -0.293 e. The Morgan fingerprint density at radius 2 is 1.41 bits per heavy atom. The van der Waals surface area contributed by atoms with Gasteiger partial charge in [0.1, 0.15) is 10.0 Å². The van der Waals surface area contributed by atoms with Gasteiger partial charge in [0.2, 0.25) is 11.8 Å². The average molecular weight is 564 g/mol. The first-order chi connectivity index (χ1) is 18.0. The van der Waals surface area contributed by atoms with Crippen LogP contribution in [0.3, 0.4) is 0 Å². The number of fused-ring (bicyclic) bond motifs is 1. The molecule has 0 spiro atoms. The van der Waals surface area contributed by atoms with Gasteiger partial charge in [-0.2, -0.15) is 0 Å². The van der Waals surface area contributed by atoms with Crippen LogP contribution in [-0.2, 0) is 9.59 Å². The van der Waals surface area contributed by atoms with Crippen molar-refractivity contribution in [1.29, 1.82) is 0 Å². The highest BCUT2D eigenvalue weighted by Crippen LogP contribution is 2.57. The largest absolute Gasteiger partial charge is 0.293 e. The molecule has 4 aromatic rings. The molecule has 2 unspecified atom stereocenters. The number of hydrogen-bond acceptors (Lipinski definition) is 7. The van der Waals surface area contributed by atoms with Gasteiger partial charge in [0, 0.05) is 34.4 Å². The van der Waals surface area contributed by atoms with E-state index in [2.05, 4.69) is 76.3 Å². The smallest absolute Gasteiger partial charge is 0.233 e. The van der Waals surface area contributed by atoms with Crippen LogP contribution >= 0.6 is 46.2 Å². The van der Waals surface area contributed by atoms with E-state index in [0.29, 0.717) is 18.2 Å². The molecule has 1 aromatic carbocycles. The summed E-state index contributed by atoms with van der Waals surface area (Å²) < 4.78 is 0. The van der Waals surface area contributed by atoms with E-state index in [4.69, 9.17) is 12.2 Å². The molecule has 1 aliphatic carbocycles. The first-order valence-electron chi connectivity index (χ1n) is 12.3. The molecule has 0 radical (unpaired) electrons. The van der Waals surface area contributed by atoms with E-state index < -0.39 is 0 Å². The molecule has 3 aromatic heterocycles. The maximum Gasteiger partial charge on any atom is 0.233 e. The van der Waals surface area contributed by atoms with E-state index in [1.165, 1.54) is 9.75 Å². The second kappa shape index (κ2) is 9.79. The Labute approximate surface area is 233 Å². The predicted octanol–water partition coefficient (Wildman–Crippen LogP) is 7.33. The van der Waals surface area contributed by atoms with Gasteiger partial charge in [-0.1, -0.05) is 18.2 Å². The van der Waals surface area contributed by atoms with E-state index in [1.807, 2.05) is 13.8 Å². The molecule has 0 N–H and O–H groups in total. The summed E-state index contributed by atoms with van der Waals surface area (Å²) in [5.41, 5.74) is 2.08. The monoisotopic (exact) mass is 563 g/mol. The molecule has 4 heterocycles. The fourth-order valence-electron chi connectivity index (χ4n) is 5.22. The summed E-state index contributed by atoms with van der Waals surface area (Å²) >= 11 is 10.7. The highest BCUT2D eigenvalue weighted by Gasteiger charge is 2.63. The second-order valence-electron chi connectivity index (χ2n) is 9.02. The van der Waals surface area contributed by atoms with Gasteiger partial charge >= 0.3 is 0 Å². The Kier molecular flexibility index (Phi) is 6.48. The van der Waals surface area contributed by atoms with Crippen molar-refractivity contribution in [3.8, 4) is 9.75 Å². The van der Waals surface area contributed by atoms with Gasteiger partial charge in [-0.25, -0.2) is 0 Å². The van der Waals surface area contributed by atoms with Crippen molar-refractivity contribution in [1.82, 2.24) is 9.80 Å². The highest BCUT2D eigenvalue weighted by atomic mass is 32.1. The molecule has 9 heteroatoms. The number of thiophene rings is 3. The summed E-state index contributed by atoms with van der Waals surface area (Å²) in [5.74, 6) is -0.854. The summed E-state index contributed by atoms with van der Waals surface area (Å²) in [5, 5.41) is 6.81. The molecule has 2 aliphatic rings. The third-order valence-corrected chi connectivity index (χ3v) is 10.5. The predicted molar refractivity (Wildman–Crippen MR) is 157 cm³/mol. The molecular formula is C28H25N3O2S4. The molecule has 1 saturated heterocycles. The lowest BCUT2D eigenvalue weighted by Gasteiger charge is -2.28. The van der Waals surface area contributed by atoms with Gasteiger partial charge in [-0.15, -0.1) is 34.0 Å². The molecule has 2 amide bonds. The number of hydrogen-bond donors (Lipinski definition) is 0. The molecule has 2 atom stereocenters. The number of carbonyl (C=O) groups is 2. The van der Waals surface area contributed by atoms with Crippen LogP contribution in [0.1, 0.15) is 25.3 Å². The fraction of sp³-hybridized carbons (Fsp3) is 0.250. The van der Waals surface area contributed by atoms with Gasteiger partial charge in [-0.05, 0) is 84.9 Å². The molecular weight excluding hydrogens is 539 g/mol. The van der Waals surface area contributed by atoms with Crippen molar-refractivity contribution in [2.75, 3.05) is 18.0 Å². The third-order valence-electron chi connectivity index (χ3n) is 7.06. The summed E-state index contributed by atoms with van der Waals surface area (Å²) in [6, 6.07) is 21.1. The van der Waals surface area contributed by atoms with Crippen molar-refractivity contribution in [2.24, 2.45) is 11.8 Å². The number of nitrogens with zero attached hydrogens (tertiary/aromatic N) is 3. The second-order valence-corrected chi connectivity index (χ2v) is 12.3. The van der Waals surface area contributed by atoms with E-state index in [0.717, 1.165) is 21.3 Å². The summed E-state index contributed by atoms with van der Waals surface area (Å²) in [4.78, 5) is 34.5. The van der Waals surface area contributed by atoms with Gasteiger partial charge in [0.25, 0.3) is 0 Å². The van der Waals surface area contributed by atoms with Gasteiger partial charge in [0.15, 0.2) is 5.11 Å². The van der Waals surface area contributed by atoms with Crippen LogP contribution in [0.5, 0.6) is 0 Å². The summed E-state index contributed by atoms with van der Waals surface area (Å²) in [6.45, 7) is 4.76. The standard InChI is InChI=1S/C28H25N3O2S4/c1-3-29-26(32)24-23(25(24)27(33)30(4-2)28(29)34)17-9-11-18(12-10-17)31(21-8-6-16-36-21)22-14-13-20(37-22)19-7-5-15-35-19/h5-16,23-25H,3-4H2,1-2H3. The van der Waals surface area contributed by atoms with E-state index in [9.17, 15) is 9.59 Å². The third kappa shape index (κ3) is 4.14. The zero-order valence-electron chi connectivity index (χ0n) is 20.4. The van der Waals surface area contributed by atoms with Gasteiger partial charge in [-0.3, -0.25) is 24.3 Å². The van der Waals surface area contributed by atoms with Crippen LogP contribution in [-0.4, -0.2) is 39.8 Å². The van der Waals surface area contributed by atoms with Gasteiger partial charge in [0.05, 0.1) is 11.8 Å². The van der Waals surface area contributed by atoms with Crippen LogP contribution in [0.25, 0.3) is 9.75 Å². The molecule has 2 fully saturated rings. The first kappa shape index (κ1) is 24.5. The quantitative estimate of drug-likeness (QED) is 0.221. The van der Waals surface area contributed by atoms with Crippen LogP contribution in [0.15, 0.2) is 71.4 Å². The normalized spacial score (nSPS) is 21.2. The minimum atomic E-state index is -0.341. The fourth-order valence-corrected chi connectivity index (χ4v) is 8.36. The summed E-state index contributed by atoms with van der Waals surface area (Å²) in [7, 11) is 0. The maximum atomic E-state index is 13.3. The van der Waals surface area contributed by atoms with Crippen LogP contribution < -0.4 is 4.90 Å². The molecule has 5 nitrogen and oxygen atoms in total. The highest BCUT2D eigenvalue weighted by molar-refractivity contribution is 7.80. The topological polar surface area (TPSA) is 43.9 Å². The van der Waals surface area contributed by atoms with Crippen LogP contribution in [0.2, 0.25) is 0 Å². The van der Waals surface area contributed by atoms with Crippen molar-refractivity contribution < 1.29 is 9.59 Å². The Balaban J connectivity index is 1.31. The number of thiocarbonyl (C=S) groups is 1. The molecule has 0 bridgehead atoms. The number of amides is 2.